The summed E-state index contributed by atoms with van der Waals surface area (Å²) in [4.78, 5) is 0. The molecule has 24 heavy (non-hydrogen) atoms. The first-order valence-corrected chi connectivity index (χ1v) is 6.70. The van der Waals surface area contributed by atoms with Crippen LogP contribution in [-0.4, -0.2) is 31.7 Å². The van der Waals surface area contributed by atoms with Crippen LogP contribution in [0.15, 0.2) is 24.5 Å². The molecule has 0 fully saturated rings. The largest absolute Gasteiger partial charge is 0.460 e. The molecule has 15 heteroatoms. The highest BCUT2D eigenvalue weighted by Gasteiger charge is 2.86. The van der Waals surface area contributed by atoms with Gasteiger partial charge in [-0.05, 0) is 6.07 Å². The maximum Gasteiger partial charge on any atom is 0.460 e. The molecule has 0 bridgehead atoms. The summed E-state index contributed by atoms with van der Waals surface area (Å²) >= 11 is 0. The quantitative estimate of drug-likeness (QED) is 0.567. The normalized spacial score (nSPS) is 14.6. The zero-order chi connectivity index (χ0) is 19.2. The fraction of sp³-hybridized carbons (Fsp3) is 0.444. The molecule has 0 spiro atoms. The summed E-state index contributed by atoms with van der Waals surface area (Å²) < 4.78 is 151. The topological polar surface area (TPSA) is 47.3 Å². The van der Waals surface area contributed by atoms with Gasteiger partial charge in [0, 0.05) is 10.8 Å². The molecule has 138 valence electrons. The molecule has 0 saturated carbocycles. The average molecular weight is 396 g/mol. The Labute approximate surface area is 126 Å². The van der Waals surface area contributed by atoms with Crippen molar-refractivity contribution in [2.75, 3.05) is 0 Å². The van der Waals surface area contributed by atoms with Gasteiger partial charge < -0.3 is 0 Å². The van der Waals surface area contributed by atoms with Crippen molar-refractivity contribution in [1.82, 2.24) is 0 Å². The van der Waals surface area contributed by atoms with Crippen LogP contribution in [0.4, 0.5) is 43.9 Å². The molecule has 0 aromatic carbocycles. The number of rotatable bonds is 5. The van der Waals surface area contributed by atoms with E-state index >= 15 is 0 Å². The summed E-state index contributed by atoms with van der Waals surface area (Å²) in [6.45, 7) is 0. The number of hydrogen-bond acceptors (Lipinski definition) is 3. The maximum atomic E-state index is 13.2. The number of alkyl halides is 9. The van der Waals surface area contributed by atoms with Crippen LogP contribution >= 0.6 is 0 Å². The van der Waals surface area contributed by atoms with Gasteiger partial charge in [0.1, 0.15) is 0 Å². The van der Waals surface area contributed by atoms with Crippen molar-refractivity contribution in [3.63, 3.8) is 0 Å². The Hall–Kier alpha value is -1.80. The molecule has 0 N–H and O–H groups in total. The van der Waals surface area contributed by atoms with Crippen LogP contribution in [0.25, 0.3) is 0 Å². The van der Waals surface area contributed by atoms with Gasteiger partial charge in [-0.25, -0.2) is 4.39 Å². The summed E-state index contributed by atoms with van der Waals surface area (Å²) in [5.74, 6) is -16.2. The molecule has 0 aliphatic rings. The van der Waals surface area contributed by atoms with Crippen LogP contribution in [0.1, 0.15) is 0 Å². The molecule has 1 rings (SSSR count). The minimum absolute atomic E-state index is 0.00761. The van der Waals surface area contributed by atoms with E-state index in [1.165, 1.54) is 0 Å². The monoisotopic (exact) mass is 396 g/mol. The molecule has 0 unspecified atom stereocenters. The van der Waals surface area contributed by atoms with E-state index in [9.17, 15) is 52.3 Å². The van der Waals surface area contributed by atoms with Gasteiger partial charge in [-0.15, -0.1) is 4.28 Å². The van der Waals surface area contributed by atoms with E-state index in [-0.39, 0.29) is 6.20 Å². The Balaban J connectivity index is 3.35. The highest BCUT2D eigenvalue weighted by molar-refractivity contribution is 7.87. The van der Waals surface area contributed by atoms with Gasteiger partial charge in [0.05, 0.1) is 0 Å². The lowest BCUT2D eigenvalue weighted by Crippen LogP contribution is -2.66. The molecule has 0 atom stereocenters. The Morgan fingerprint density at radius 2 is 1.42 bits per heavy atom. The van der Waals surface area contributed by atoms with Crippen molar-refractivity contribution in [3.8, 4) is 0 Å². The first-order chi connectivity index (χ1) is 10.5. The minimum Gasteiger partial charge on any atom is -0.200 e. The number of hydrogen-bond donors (Lipinski definition) is 0. The van der Waals surface area contributed by atoms with Crippen LogP contribution in [-0.2, 0) is 10.1 Å². The molecule has 1 heterocycles. The van der Waals surface area contributed by atoms with Crippen LogP contribution in [0.3, 0.4) is 0 Å². The highest BCUT2D eigenvalue weighted by Crippen LogP contribution is 2.54. The van der Waals surface area contributed by atoms with Crippen LogP contribution in [0.2, 0.25) is 0 Å². The lowest BCUT2D eigenvalue weighted by atomic mass is 10.1. The van der Waals surface area contributed by atoms with Crippen molar-refractivity contribution in [2.45, 2.75) is 23.3 Å². The fourth-order valence-corrected chi connectivity index (χ4v) is 2.01. The van der Waals surface area contributed by atoms with Gasteiger partial charge in [-0.1, -0.05) is 0 Å². The SMILES string of the molecule is O=S(=O)(O[n+]1cccc(F)c1)C(F)(F)C(F)(F)C(F)(F)C(F)(F)F. The molecule has 0 aliphatic carbocycles. The average Bonchev–Trinajstić information content (AvgIpc) is 2.36. The van der Waals surface area contributed by atoms with Gasteiger partial charge in [-0.3, -0.25) is 0 Å². The first-order valence-electron chi connectivity index (χ1n) is 5.29. The molecule has 0 amide bonds. The van der Waals surface area contributed by atoms with E-state index in [4.69, 9.17) is 0 Å². The van der Waals surface area contributed by atoms with Gasteiger partial charge in [0.2, 0.25) is 6.20 Å². The summed E-state index contributed by atoms with van der Waals surface area (Å²) in [5.41, 5.74) is 0. The van der Waals surface area contributed by atoms with Crippen molar-refractivity contribution < 1.29 is 61.3 Å². The minimum atomic E-state index is -7.43. The maximum absolute atomic E-state index is 13.2. The zero-order valence-electron chi connectivity index (χ0n) is 10.7. The Kier molecular flexibility index (Phi) is 4.75. The van der Waals surface area contributed by atoms with Gasteiger partial charge >= 0.3 is 33.4 Å². The standard InChI is InChI=1S/C9H4F10NO3S/c10-5-2-1-3-20(4-5)23-24(21,22)9(18,19)7(13,14)6(11,12)8(15,16)17/h1-4H/q+1. The molecular weight excluding hydrogens is 392 g/mol. The predicted molar refractivity (Wildman–Crippen MR) is 53.0 cm³/mol. The summed E-state index contributed by atoms with van der Waals surface area (Å²) in [5, 5.41) is -7.02. The molecule has 1 aromatic heterocycles. The van der Waals surface area contributed by atoms with Crippen molar-refractivity contribution >= 4 is 10.1 Å². The van der Waals surface area contributed by atoms with Gasteiger partial charge in [0.15, 0.2) is 5.82 Å². The highest BCUT2D eigenvalue weighted by atomic mass is 32.2. The predicted octanol–water partition coefficient (Wildman–Crippen LogP) is 2.30. The van der Waals surface area contributed by atoms with Gasteiger partial charge in [-0.2, -0.15) is 47.9 Å². The van der Waals surface area contributed by atoms with E-state index in [2.05, 4.69) is 4.28 Å². The number of nitrogens with zero attached hydrogens (tertiary/aromatic N) is 1. The molecule has 4 nitrogen and oxygen atoms in total. The summed E-state index contributed by atoms with van der Waals surface area (Å²) in [6, 6.07) is 1.25. The Morgan fingerprint density at radius 3 is 1.83 bits per heavy atom. The van der Waals surface area contributed by atoms with Crippen LogP contribution in [0.5, 0.6) is 0 Å². The second-order valence-electron chi connectivity index (χ2n) is 4.07. The second-order valence-corrected chi connectivity index (χ2v) is 5.64. The van der Waals surface area contributed by atoms with E-state index in [1.807, 2.05) is 0 Å². The third kappa shape index (κ3) is 3.08. The molecule has 1 aromatic rings. The van der Waals surface area contributed by atoms with Gasteiger partial charge in [0.25, 0.3) is 6.20 Å². The van der Waals surface area contributed by atoms with Crippen LogP contribution in [0, 0.1) is 5.82 Å². The van der Waals surface area contributed by atoms with E-state index < -0.39 is 43.9 Å². The summed E-state index contributed by atoms with van der Waals surface area (Å²) in [6.07, 6.45) is -6.81. The van der Waals surface area contributed by atoms with Crippen molar-refractivity contribution in [3.05, 3.63) is 30.3 Å². The Morgan fingerprint density at radius 1 is 0.917 bits per heavy atom. The smallest absolute Gasteiger partial charge is 0.200 e. The van der Waals surface area contributed by atoms with Crippen molar-refractivity contribution in [1.29, 1.82) is 0 Å². The number of pyridine rings is 1. The lowest BCUT2D eigenvalue weighted by Gasteiger charge is -2.31. The third-order valence-corrected chi connectivity index (χ3v) is 3.61. The molecule has 0 saturated heterocycles. The van der Waals surface area contributed by atoms with E-state index in [0.29, 0.717) is 18.3 Å². The number of halogens is 10. The van der Waals surface area contributed by atoms with Crippen molar-refractivity contribution in [2.24, 2.45) is 0 Å². The Bertz CT molecular complexity index is 715. The lowest BCUT2D eigenvalue weighted by molar-refractivity contribution is -0.857. The molecule has 0 aliphatic heterocycles. The number of aromatic nitrogens is 1. The first kappa shape index (κ1) is 20.2. The molecular formula is C9H4F10NO3S+. The summed E-state index contributed by atoms with van der Waals surface area (Å²) in [7, 11) is -7.10. The second kappa shape index (κ2) is 5.63. The van der Waals surface area contributed by atoms with Crippen LogP contribution < -0.4 is 9.01 Å². The third-order valence-electron chi connectivity index (χ3n) is 2.35. The zero-order valence-corrected chi connectivity index (χ0v) is 11.5. The van der Waals surface area contributed by atoms with E-state index in [1.54, 1.807) is 0 Å². The fourth-order valence-electron chi connectivity index (χ4n) is 1.15. The van der Waals surface area contributed by atoms with E-state index in [0.717, 1.165) is 0 Å². The molecule has 0 radical (unpaired) electrons.